The van der Waals surface area contributed by atoms with Gasteiger partial charge in [-0.3, -0.25) is 4.79 Å². The third-order valence-electron chi connectivity index (χ3n) is 3.40. The van der Waals surface area contributed by atoms with Crippen molar-refractivity contribution in [3.8, 4) is 0 Å². The van der Waals surface area contributed by atoms with Crippen LogP contribution >= 0.6 is 11.8 Å². The lowest BCUT2D eigenvalue weighted by atomic mass is 9.93. The van der Waals surface area contributed by atoms with Gasteiger partial charge >= 0.3 is 0 Å². The monoisotopic (exact) mass is 274 g/mol. The first-order valence-electron chi connectivity index (χ1n) is 6.87. The molecule has 2 atom stereocenters. The summed E-state index contributed by atoms with van der Waals surface area (Å²) in [5.41, 5.74) is 5.75. The molecule has 0 aromatic heterocycles. The van der Waals surface area contributed by atoms with E-state index in [0.29, 0.717) is 30.8 Å². The van der Waals surface area contributed by atoms with Crippen LogP contribution in [0.1, 0.15) is 40.0 Å². The van der Waals surface area contributed by atoms with Gasteiger partial charge in [-0.1, -0.05) is 13.8 Å². The average molecular weight is 274 g/mol. The second-order valence-corrected chi connectivity index (χ2v) is 6.56. The van der Waals surface area contributed by atoms with Gasteiger partial charge in [-0.15, -0.1) is 0 Å². The van der Waals surface area contributed by atoms with Crippen LogP contribution in [0, 0.1) is 11.8 Å². The number of hydrogen-bond donors (Lipinski definition) is 1. The molecule has 0 saturated heterocycles. The molecule has 0 aliphatic carbocycles. The highest BCUT2D eigenvalue weighted by Gasteiger charge is 2.20. The second-order valence-electron chi connectivity index (χ2n) is 5.57. The normalized spacial score (nSPS) is 14.6. The van der Waals surface area contributed by atoms with E-state index in [1.165, 1.54) is 0 Å². The smallest absolute Gasteiger partial charge is 0.222 e. The van der Waals surface area contributed by atoms with E-state index < -0.39 is 0 Å². The number of carbonyl (C=O) groups excluding carboxylic acids is 1. The van der Waals surface area contributed by atoms with Crippen molar-refractivity contribution in [3.63, 3.8) is 0 Å². The van der Waals surface area contributed by atoms with Gasteiger partial charge < -0.3 is 10.6 Å². The summed E-state index contributed by atoms with van der Waals surface area (Å²) in [6.45, 7) is 7.08. The van der Waals surface area contributed by atoms with Crippen LogP contribution < -0.4 is 5.73 Å². The molecule has 0 aliphatic rings. The first-order valence-corrected chi connectivity index (χ1v) is 8.26. The van der Waals surface area contributed by atoms with E-state index in [4.69, 9.17) is 5.73 Å². The maximum atomic E-state index is 12.2. The van der Waals surface area contributed by atoms with Gasteiger partial charge in [-0.05, 0) is 50.2 Å². The van der Waals surface area contributed by atoms with E-state index >= 15 is 0 Å². The van der Waals surface area contributed by atoms with Crippen LogP contribution in [0.4, 0.5) is 0 Å². The van der Waals surface area contributed by atoms with Gasteiger partial charge in [-0.25, -0.2) is 0 Å². The van der Waals surface area contributed by atoms with Crippen LogP contribution in [-0.4, -0.2) is 42.4 Å². The molecule has 0 saturated carbocycles. The van der Waals surface area contributed by atoms with Crippen molar-refractivity contribution in [2.45, 2.75) is 46.1 Å². The van der Waals surface area contributed by atoms with Crippen molar-refractivity contribution in [1.29, 1.82) is 0 Å². The molecule has 0 rings (SSSR count). The summed E-state index contributed by atoms with van der Waals surface area (Å²) in [5.74, 6) is 2.27. The Kier molecular flexibility index (Phi) is 9.56. The van der Waals surface area contributed by atoms with Crippen molar-refractivity contribution < 1.29 is 4.79 Å². The van der Waals surface area contributed by atoms with Gasteiger partial charge in [0, 0.05) is 19.5 Å². The lowest BCUT2D eigenvalue weighted by molar-refractivity contribution is -0.132. The lowest BCUT2D eigenvalue weighted by Gasteiger charge is -2.27. The molecule has 0 fully saturated rings. The van der Waals surface area contributed by atoms with Crippen LogP contribution in [0.5, 0.6) is 0 Å². The zero-order valence-electron chi connectivity index (χ0n) is 12.6. The average Bonchev–Trinajstić information content (AvgIpc) is 2.33. The first kappa shape index (κ1) is 17.8. The summed E-state index contributed by atoms with van der Waals surface area (Å²) in [6, 6.07) is 0.322. The molecular weight excluding hydrogens is 244 g/mol. The number of nitrogens with zero attached hydrogens (tertiary/aromatic N) is 1. The molecule has 0 aromatic carbocycles. The Morgan fingerprint density at radius 1 is 1.33 bits per heavy atom. The van der Waals surface area contributed by atoms with Crippen molar-refractivity contribution in [1.82, 2.24) is 4.90 Å². The number of amides is 1. The number of carbonyl (C=O) groups is 1. The molecule has 18 heavy (non-hydrogen) atoms. The highest BCUT2D eigenvalue weighted by atomic mass is 32.2. The molecule has 0 bridgehead atoms. The highest BCUT2D eigenvalue weighted by molar-refractivity contribution is 7.98. The van der Waals surface area contributed by atoms with E-state index in [1.54, 1.807) is 0 Å². The van der Waals surface area contributed by atoms with Crippen LogP contribution in [0.2, 0.25) is 0 Å². The number of rotatable bonds is 9. The quantitative estimate of drug-likeness (QED) is 0.703. The predicted octanol–water partition coefficient (Wildman–Crippen LogP) is 2.60. The number of thioether (sulfide) groups is 1. The van der Waals surface area contributed by atoms with Crippen molar-refractivity contribution >= 4 is 17.7 Å². The Labute approximate surface area is 117 Å². The van der Waals surface area contributed by atoms with E-state index in [0.717, 1.165) is 18.6 Å². The minimum Gasteiger partial charge on any atom is -0.343 e. The third kappa shape index (κ3) is 7.27. The summed E-state index contributed by atoms with van der Waals surface area (Å²) in [6.07, 6.45) is 4.78. The topological polar surface area (TPSA) is 46.3 Å². The largest absolute Gasteiger partial charge is 0.343 e. The number of hydrogen-bond acceptors (Lipinski definition) is 3. The molecule has 2 N–H and O–H groups in total. The van der Waals surface area contributed by atoms with Crippen LogP contribution in [0.15, 0.2) is 0 Å². The second kappa shape index (κ2) is 9.68. The molecule has 4 heteroatoms. The van der Waals surface area contributed by atoms with Gasteiger partial charge in [-0.2, -0.15) is 11.8 Å². The molecule has 1 amide bonds. The molecule has 0 radical (unpaired) electrons. The molecular formula is C14H30N2OS. The Morgan fingerprint density at radius 2 is 1.94 bits per heavy atom. The fourth-order valence-corrected chi connectivity index (χ4v) is 2.63. The number of nitrogens with two attached hydrogens (primary N) is 1. The maximum Gasteiger partial charge on any atom is 0.222 e. The van der Waals surface area contributed by atoms with Crippen molar-refractivity contribution in [2.75, 3.05) is 25.6 Å². The Morgan fingerprint density at radius 3 is 2.39 bits per heavy atom. The van der Waals surface area contributed by atoms with Crippen LogP contribution in [0.25, 0.3) is 0 Å². The third-order valence-corrected chi connectivity index (χ3v) is 4.04. The molecule has 0 aliphatic heterocycles. The lowest BCUT2D eigenvalue weighted by Crippen LogP contribution is -2.37. The zero-order valence-corrected chi connectivity index (χ0v) is 13.4. The van der Waals surface area contributed by atoms with Crippen LogP contribution in [0.3, 0.4) is 0 Å². The molecule has 108 valence electrons. The van der Waals surface area contributed by atoms with E-state index in [1.807, 2.05) is 23.7 Å². The van der Waals surface area contributed by atoms with E-state index in [-0.39, 0.29) is 5.91 Å². The Balaban J connectivity index is 4.19. The highest BCUT2D eigenvalue weighted by Crippen LogP contribution is 2.16. The van der Waals surface area contributed by atoms with E-state index in [9.17, 15) is 4.79 Å². The molecule has 3 nitrogen and oxygen atoms in total. The minimum absolute atomic E-state index is 0.236. The van der Waals surface area contributed by atoms with Gasteiger partial charge in [0.1, 0.15) is 0 Å². The molecule has 0 aromatic rings. The zero-order chi connectivity index (χ0) is 14.1. The fraction of sp³-hybridized carbons (Fsp3) is 0.929. The molecule has 0 heterocycles. The summed E-state index contributed by atoms with van der Waals surface area (Å²) >= 11 is 1.83. The standard InChI is InChI=1S/C14H30N2OS/c1-11(2)8-13(10-15)9-14(17)16(4)12(3)6-7-18-5/h11-13H,6-10,15H2,1-5H3/t12?,13-/m0/s1. The van der Waals surface area contributed by atoms with Gasteiger partial charge in [0.05, 0.1) is 0 Å². The van der Waals surface area contributed by atoms with Crippen LogP contribution in [-0.2, 0) is 4.79 Å². The molecule has 0 spiro atoms. The molecule has 1 unspecified atom stereocenters. The van der Waals surface area contributed by atoms with Gasteiger partial charge in [0.25, 0.3) is 0 Å². The summed E-state index contributed by atoms with van der Waals surface area (Å²) in [4.78, 5) is 14.1. The SMILES string of the molecule is CSCCC(C)N(C)C(=O)C[C@@H](CN)CC(C)C. The fourth-order valence-electron chi connectivity index (χ4n) is 2.05. The first-order chi connectivity index (χ1) is 8.42. The van der Waals surface area contributed by atoms with Gasteiger partial charge in [0.15, 0.2) is 0 Å². The van der Waals surface area contributed by atoms with Gasteiger partial charge in [0.2, 0.25) is 5.91 Å². The Hall–Kier alpha value is -0.220. The van der Waals surface area contributed by atoms with E-state index in [2.05, 4.69) is 27.0 Å². The predicted molar refractivity (Wildman–Crippen MR) is 81.8 cm³/mol. The van der Waals surface area contributed by atoms with Crippen molar-refractivity contribution in [3.05, 3.63) is 0 Å². The summed E-state index contributed by atoms with van der Waals surface area (Å²) < 4.78 is 0. The maximum absolute atomic E-state index is 12.2. The summed E-state index contributed by atoms with van der Waals surface area (Å²) in [5, 5.41) is 0. The summed E-state index contributed by atoms with van der Waals surface area (Å²) in [7, 11) is 1.91. The van der Waals surface area contributed by atoms with Crippen molar-refractivity contribution in [2.24, 2.45) is 17.6 Å². The Bertz CT molecular complexity index is 234. The minimum atomic E-state index is 0.236.